The number of urea groups is 1. The highest BCUT2D eigenvalue weighted by atomic mass is 32.1. The minimum absolute atomic E-state index is 0.388. The van der Waals surface area contributed by atoms with E-state index in [4.69, 9.17) is 5.84 Å². The van der Waals surface area contributed by atoms with Crippen LogP contribution in [0.3, 0.4) is 0 Å². The van der Waals surface area contributed by atoms with Crippen LogP contribution in [-0.2, 0) is 19.4 Å². The Labute approximate surface area is 127 Å². The van der Waals surface area contributed by atoms with Crippen LogP contribution in [0.2, 0.25) is 0 Å². The second-order valence-electron chi connectivity index (χ2n) is 4.52. The van der Waals surface area contributed by atoms with Crippen LogP contribution in [0.1, 0.15) is 21.8 Å². The van der Waals surface area contributed by atoms with Crippen LogP contribution in [0, 0.1) is 0 Å². The first-order chi connectivity index (χ1) is 10.2. The number of benzene rings is 1. The van der Waals surface area contributed by atoms with Gasteiger partial charge in [-0.1, -0.05) is 30.8 Å². The van der Waals surface area contributed by atoms with Crippen LogP contribution in [0.4, 0.5) is 4.79 Å². The number of thiazole rings is 1. The number of hydrogen-bond donors (Lipinski definition) is 3. The zero-order valence-electron chi connectivity index (χ0n) is 11.6. The summed E-state index contributed by atoms with van der Waals surface area (Å²) in [7, 11) is 0. The Morgan fingerprint density at radius 2 is 2.00 bits per heavy atom. The summed E-state index contributed by atoms with van der Waals surface area (Å²) in [6, 6.07) is 7.75. The predicted octanol–water partition coefficient (Wildman–Crippen LogP) is 2.24. The number of carbonyl (C=O) groups excluding carboxylic acids is 1. The fourth-order valence-electron chi connectivity index (χ4n) is 1.86. The topological polar surface area (TPSA) is 80.0 Å². The number of aromatic nitrogens is 1. The van der Waals surface area contributed by atoms with Gasteiger partial charge in [0.05, 0.1) is 5.69 Å². The molecule has 0 spiro atoms. The van der Waals surface area contributed by atoms with E-state index in [0.29, 0.717) is 6.54 Å². The predicted molar refractivity (Wildman–Crippen MR) is 85.6 cm³/mol. The Kier molecular flexibility index (Phi) is 5.48. The molecule has 0 bridgehead atoms. The molecule has 6 heteroatoms. The fraction of sp³-hybridized carbons (Fsp3) is 0.200. The largest absolute Gasteiger partial charge is 0.333 e. The molecule has 2 amide bonds. The molecule has 2 aromatic rings. The van der Waals surface area contributed by atoms with Gasteiger partial charge < -0.3 is 5.32 Å². The van der Waals surface area contributed by atoms with Gasteiger partial charge in [-0.25, -0.2) is 15.6 Å². The molecule has 1 aromatic heterocycles. The van der Waals surface area contributed by atoms with Crippen molar-refractivity contribution in [2.45, 2.75) is 19.4 Å². The molecule has 4 N–H and O–H groups in total. The van der Waals surface area contributed by atoms with Gasteiger partial charge in [-0.2, -0.15) is 0 Å². The molecule has 21 heavy (non-hydrogen) atoms. The molecule has 1 heterocycles. The van der Waals surface area contributed by atoms with Crippen molar-refractivity contribution in [2.24, 2.45) is 5.84 Å². The number of nitrogens with two attached hydrogens (primary N) is 1. The molecule has 1 aromatic carbocycles. The van der Waals surface area contributed by atoms with Crippen molar-refractivity contribution < 1.29 is 4.79 Å². The molecule has 0 aliphatic heterocycles. The molecule has 0 atom stereocenters. The van der Waals surface area contributed by atoms with Crippen LogP contribution in [-0.4, -0.2) is 11.0 Å². The molecule has 0 unspecified atom stereocenters. The Morgan fingerprint density at radius 3 is 2.62 bits per heavy atom. The highest BCUT2D eigenvalue weighted by Gasteiger charge is 2.01. The number of nitrogens with zero attached hydrogens (tertiary/aromatic N) is 1. The van der Waals surface area contributed by atoms with E-state index >= 15 is 0 Å². The molecule has 0 aliphatic carbocycles. The standard InChI is InChI=1S/C15H18N4OS/c1-2-14-18-13(10-21-14)8-7-11-3-5-12(6-4-11)9-17-15(20)19-16/h2-6,10H,1,7-9,16H2,(H2,17,19,20). The highest BCUT2D eigenvalue weighted by molar-refractivity contribution is 7.10. The zero-order chi connectivity index (χ0) is 15.1. The number of aryl methyl sites for hydroxylation is 2. The SMILES string of the molecule is C=Cc1nc(CCc2ccc(CNC(=O)NN)cc2)cs1. The van der Waals surface area contributed by atoms with Crippen LogP contribution in [0.5, 0.6) is 0 Å². The summed E-state index contributed by atoms with van der Waals surface area (Å²) in [4.78, 5) is 15.4. The smallest absolute Gasteiger partial charge is 0.329 e. The third-order valence-corrected chi connectivity index (χ3v) is 3.91. The lowest BCUT2D eigenvalue weighted by Gasteiger charge is -2.05. The summed E-state index contributed by atoms with van der Waals surface area (Å²) in [6.07, 6.45) is 3.63. The van der Waals surface area contributed by atoms with Crippen molar-refractivity contribution in [3.8, 4) is 0 Å². The van der Waals surface area contributed by atoms with Crippen molar-refractivity contribution in [3.63, 3.8) is 0 Å². The van der Waals surface area contributed by atoms with E-state index in [-0.39, 0.29) is 6.03 Å². The molecule has 0 saturated carbocycles. The zero-order valence-corrected chi connectivity index (χ0v) is 12.5. The number of amides is 2. The molecule has 0 radical (unpaired) electrons. The summed E-state index contributed by atoms with van der Waals surface area (Å²) < 4.78 is 0. The van der Waals surface area contributed by atoms with Crippen molar-refractivity contribution in [1.29, 1.82) is 0 Å². The van der Waals surface area contributed by atoms with Gasteiger partial charge in [-0.15, -0.1) is 11.3 Å². The Bertz CT molecular complexity index is 606. The van der Waals surface area contributed by atoms with Crippen molar-refractivity contribution >= 4 is 23.4 Å². The van der Waals surface area contributed by atoms with E-state index in [1.54, 1.807) is 17.4 Å². The molecule has 110 valence electrons. The van der Waals surface area contributed by atoms with Gasteiger partial charge in [-0.05, 0) is 30.0 Å². The van der Waals surface area contributed by atoms with Gasteiger partial charge in [0.25, 0.3) is 0 Å². The van der Waals surface area contributed by atoms with E-state index < -0.39 is 0 Å². The summed E-state index contributed by atoms with van der Waals surface area (Å²) in [5, 5.41) is 5.67. The molecule has 0 fully saturated rings. The maximum Gasteiger partial charge on any atom is 0.329 e. The molecule has 2 rings (SSSR count). The number of rotatable bonds is 6. The lowest BCUT2D eigenvalue weighted by Crippen LogP contribution is -2.39. The average molecular weight is 302 g/mol. The van der Waals surface area contributed by atoms with Gasteiger partial charge >= 0.3 is 6.03 Å². The van der Waals surface area contributed by atoms with E-state index in [2.05, 4.69) is 34.4 Å². The van der Waals surface area contributed by atoms with E-state index in [9.17, 15) is 4.79 Å². The maximum absolute atomic E-state index is 11.0. The Morgan fingerprint density at radius 1 is 1.29 bits per heavy atom. The average Bonchev–Trinajstić information content (AvgIpc) is 2.99. The summed E-state index contributed by atoms with van der Waals surface area (Å²) in [6.45, 7) is 4.17. The third-order valence-electron chi connectivity index (χ3n) is 3.02. The highest BCUT2D eigenvalue weighted by Crippen LogP contribution is 2.13. The summed E-state index contributed by atoms with van der Waals surface area (Å²) in [5.74, 6) is 4.99. The van der Waals surface area contributed by atoms with Crippen LogP contribution in [0.15, 0.2) is 36.2 Å². The molecule has 0 aliphatic rings. The lowest BCUT2D eigenvalue weighted by molar-refractivity contribution is 0.241. The minimum atomic E-state index is -0.388. The Balaban J connectivity index is 1.84. The number of nitrogens with one attached hydrogen (secondary N) is 2. The van der Waals surface area contributed by atoms with Crippen molar-refractivity contribution in [1.82, 2.24) is 15.7 Å². The number of hydrogen-bond acceptors (Lipinski definition) is 4. The first-order valence-electron chi connectivity index (χ1n) is 6.60. The summed E-state index contributed by atoms with van der Waals surface area (Å²) >= 11 is 1.61. The van der Waals surface area contributed by atoms with E-state index in [1.807, 2.05) is 17.6 Å². The first kappa shape index (κ1) is 15.2. The molecular formula is C15H18N4OS. The molecule has 0 saturated heterocycles. The quantitative estimate of drug-likeness (QED) is 0.435. The Hall–Kier alpha value is -2.18. The molecule has 5 nitrogen and oxygen atoms in total. The second-order valence-corrected chi connectivity index (χ2v) is 5.41. The van der Waals surface area contributed by atoms with Crippen molar-refractivity contribution in [2.75, 3.05) is 0 Å². The first-order valence-corrected chi connectivity index (χ1v) is 7.48. The lowest BCUT2D eigenvalue weighted by atomic mass is 10.1. The van der Waals surface area contributed by atoms with Crippen LogP contribution < -0.4 is 16.6 Å². The second kappa shape index (κ2) is 7.56. The number of hydrazine groups is 1. The van der Waals surface area contributed by atoms with Crippen LogP contribution >= 0.6 is 11.3 Å². The van der Waals surface area contributed by atoms with Gasteiger partial charge in [0.1, 0.15) is 5.01 Å². The van der Waals surface area contributed by atoms with E-state index in [1.165, 1.54) is 5.56 Å². The molecular weight excluding hydrogens is 284 g/mol. The fourth-order valence-corrected chi connectivity index (χ4v) is 2.55. The third kappa shape index (κ3) is 4.70. The minimum Gasteiger partial charge on any atom is -0.333 e. The maximum atomic E-state index is 11.0. The van der Waals surface area contributed by atoms with Gasteiger partial charge in [0.2, 0.25) is 0 Å². The normalized spacial score (nSPS) is 10.1. The van der Waals surface area contributed by atoms with Crippen molar-refractivity contribution in [3.05, 3.63) is 58.1 Å². The van der Waals surface area contributed by atoms with Gasteiger partial charge in [0, 0.05) is 11.9 Å². The number of carbonyl (C=O) groups is 1. The monoisotopic (exact) mass is 302 g/mol. The van der Waals surface area contributed by atoms with Gasteiger partial charge in [0.15, 0.2) is 0 Å². The van der Waals surface area contributed by atoms with Crippen LogP contribution in [0.25, 0.3) is 6.08 Å². The summed E-state index contributed by atoms with van der Waals surface area (Å²) in [5.41, 5.74) is 5.40. The van der Waals surface area contributed by atoms with E-state index in [0.717, 1.165) is 29.1 Å². The van der Waals surface area contributed by atoms with Gasteiger partial charge in [-0.3, -0.25) is 5.43 Å².